The van der Waals surface area contributed by atoms with Crippen molar-refractivity contribution < 1.29 is 13.6 Å². The van der Waals surface area contributed by atoms with Crippen molar-refractivity contribution in [3.05, 3.63) is 88.7 Å². The number of halogens is 1. The zero-order valence-corrected chi connectivity index (χ0v) is 15.4. The van der Waals surface area contributed by atoms with Gasteiger partial charge < -0.3 is 13.7 Å². The number of oxazole rings is 1. The molecule has 0 saturated carbocycles. The lowest BCUT2D eigenvalue weighted by Gasteiger charge is -2.20. The molecule has 0 radical (unpaired) electrons. The maximum Gasteiger partial charge on any atom is 0.290 e. The summed E-state index contributed by atoms with van der Waals surface area (Å²) in [6, 6.07) is 16.6. The highest BCUT2D eigenvalue weighted by Gasteiger charge is 2.22. The fraction of sp³-hybridized carbons (Fsp3) is 0.143. The van der Waals surface area contributed by atoms with Crippen LogP contribution in [0.3, 0.4) is 0 Å². The number of amides is 1. The van der Waals surface area contributed by atoms with Crippen LogP contribution in [-0.2, 0) is 13.1 Å². The molecule has 6 heteroatoms. The van der Waals surface area contributed by atoms with Crippen molar-refractivity contribution in [3.63, 3.8) is 0 Å². The van der Waals surface area contributed by atoms with E-state index < -0.39 is 0 Å². The molecule has 5 nitrogen and oxygen atoms in total. The van der Waals surface area contributed by atoms with E-state index >= 15 is 0 Å². The fourth-order valence-corrected chi connectivity index (χ4v) is 3.10. The van der Waals surface area contributed by atoms with Crippen LogP contribution in [0, 0.1) is 6.92 Å². The maximum absolute atomic E-state index is 12.9. The largest absolute Gasteiger partial charge is 0.459 e. The van der Waals surface area contributed by atoms with Gasteiger partial charge in [0.25, 0.3) is 5.91 Å². The number of hydrogen-bond donors (Lipinski definition) is 0. The molecule has 0 fully saturated rings. The SMILES string of the molecule is Cc1ccc2oc(CN(Cc3ccccc3Cl)C(=O)c3ccco3)nc2c1. The molecule has 0 saturated heterocycles. The van der Waals surface area contributed by atoms with Gasteiger partial charge >= 0.3 is 0 Å². The lowest BCUT2D eigenvalue weighted by Crippen LogP contribution is -2.30. The lowest BCUT2D eigenvalue weighted by atomic mass is 10.2. The van der Waals surface area contributed by atoms with Crippen molar-refractivity contribution in [3.8, 4) is 0 Å². The van der Waals surface area contributed by atoms with Crippen LogP contribution in [0.4, 0.5) is 0 Å². The van der Waals surface area contributed by atoms with Crippen molar-refractivity contribution in [1.29, 1.82) is 0 Å². The van der Waals surface area contributed by atoms with E-state index in [4.69, 9.17) is 20.4 Å². The molecule has 0 N–H and O–H groups in total. The van der Waals surface area contributed by atoms with E-state index in [1.807, 2.05) is 43.3 Å². The zero-order valence-electron chi connectivity index (χ0n) is 14.7. The van der Waals surface area contributed by atoms with Gasteiger partial charge in [0.15, 0.2) is 11.3 Å². The van der Waals surface area contributed by atoms with Crippen molar-refractivity contribution in [2.75, 3.05) is 0 Å². The summed E-state index contributed by atoms with van der Waals surface area (Å²) >= 11 is 6.28. The monoisotopic (exact) mass is 380 g/mol. The molecular formula is C21H17ClN2O3. The van der Waals surface area contributed by atoms with Crippen LogP contribution in [-0.4, -0.2) is 15.8 Å². The Morgan fingerprint density at radius 2 is 1.96 bits per heavy atom. The number of aryl methyl sites for hydroxylation is 1. The molecule has 2 heterocycles. The van der Waals surface area contributed by atoms with Crippen LogP contribution < -0.4 is 0 Å². The number of nitrogens with zero attached hydrogens (tertiary/aromatic N) is 2. The van der Waals surface area contributed by atoms with Gasteiger partial charge in [0.05, 0.1) is 12.8 Å². The van der Waals surface area contributed by atoms with Gasteiger partial charge in [-0.1, -0.05) is 35.9 Å². The van der Waals surface area contributed by atoms with Gasteiger partial charge in [0.2, 0.25) is 5.89 Å². The topological polar surface area (TPSA) is 59.5 Å². The van der Waals surface area contributed by atoms with Crippen LogP contribution >= 0.6 is 11.6 Å². The zero-order chi connectivity index (χ0) is 18.8. The van der Waals surface area contributed by atoms with Gasteiger partial charge in [0, 0.05) is 11.6 Å². The summed E-state index contributed by atoms with van der Waals surface area (Å²) < 4.78 is 11.1. The van der Waals surface area contributed by atoms with Gasteiger partial charge in [-0.15, -0.1) is 0 Å². The summed E-state index contributed by atoms with van der Waals surface area (Å²) in [5.74, 6) is 0.468. The molecule has 27 heavy (non-hydrogen) atoms. The average molecular weight is 381 g/mol. The van der Waals surface area contributed by atoms with Crippen LogP contribution in [0.1, 0.15) is 27.6 Å². The van der Waals surface area contributed by atoms with Crippen LogP contribution in [0.2, 0.25) is 5.02 Å². The minimum atomic E-state index is -0.252. The van der Waals surface area contributed by atoms with Crippen molar-refractivity contribution in [2.45, 2.75) is 20.0 Å². The summed E-state index contributed by atoms with van der Waals surface area (Å²) in [6.45, 7) is 2.52. The normalized spacial score (nSPS) is 11.0. The minimum absolute atomic E-state index is 0.207. The van der Waals surface area contributed by atoms with E-state index in [9.17, 15) is 4.79 Å². The fourth-order valence-electron chi connectivity index (χ4n) is 2.90. The number of aromatic nitrogens is 1. The van der Waals surface area contributed by atoms with E-state index in [0.717, 1.165) is 16.6 Å². The Morgan fingerprint density at radius 3 is 2.74 bits per heavy atom. The number of rotatable bonds is 5. The van der Waals surface area contributed by atoms with Crippen molar-refractivity contribution in [2.24, 2.45) is 0 Å². The smallest absolute Gasteiger partial charge is 0.290 e. The first-order valence-electron chi connectivity index (χ1n) is 8.52. The number of benzene rings is 2. The number of fused-ring (bicyclic) bond motifs is 1. The Balaban J connectivity index is 1.66. The van der Waals surface area contributed by atoms with Crippen molar-refractivity contribution in [1.82, 2.24) is 9.88 Å². The predicted octanol–water partition coefficient (Wildman–Crippen LogP) is 5.23. The molecule has 0 unspecified atom stereocenters. The number of carbonyl (C=O) groups is 1. The average Bonchev–Trinajstić information content (AvgIpc) is 3.31. The Bertz CT molecular complexity index is 1090. The molecule has 136 valence electrons. The molecule has 2 aromatic heterocycles. The Kier molecular flexibility index (Phi) is 4.69. The second-order valence-corrected chi connectivity index (χ2v) is 6.72. The predicted molar refractivity (Wildman–Crippen MR) is 102 cm³/mol. The van der Waals surface area contributed by atoms with Crippen molar-refractivity contribution >= 4 is 28.6 Å². The molecular weight excluding hydrogens is 364 g/mol. The molecule has 4 aromatic rings. The highest BCUT2D eigenvalue weighted by Crippen LogP contribution is 2.22. The van der Waals surface area contributed by atoms with E-state index in [-0.39, 0.29) is 18.2 Å². The van der Waals surface area contributed by atoms with Gasteiger partial charge in [-0.3, -0.25) is 4.79 Å². The summed E-state index contributed by atoms with van der Waals surface area (Å²) in [7, 11) is 0. The molecule has 0 spiro atoms. The highest BCUT2D eigenvalue weighted by molar-refractivity contribution is 6.31. The molecule has 0 aliphatic heterocycles. The third kappa shape index (κ3) is 3.73. The molecule has 0 atom stereocenters. The third-order valence-corrected chi connectivity index (χ3v) is 4.62. The first kappa shape index (κ1) is 17.4. The molecule has 0 aliphatic rings. The van der Waals surface area contributed by atoms with Gasteiger partial charge in [0.1, 0.15) is 5.52 Å². The van der Waals surface area contributed by atoms with Gasteiger partial charge in [-0.05, 0) is 48.4 Å². The molecule has 0 bridgehead atoms. The first-order chi connectivity index (χ1) is 13.1. The van der Waals surface area contributed by atoms with Crippen LogP contribution in [0.15, 0.2) is 69.7 Å². The van der Waals surface area contributed by atoms with Gasteiger partial charge in [-0.2, -0.15) is 0 Å². The molecule has 1 amide bonds. The lowest BCUT2D eigenvalue weighted by molar-refractivity contribution is 0.0683. The van der Waals surface area contributed by atoms with E-state index in [2.05, 4.69) is 4.98 Å². The van der Waals surface area contributed by atoms with Crippen LogP contribution in [0.25, 0.3) is 11.1 Å². The summed E-state index contributed by atoms with van der Waals surface area (Å²) in [4.78, 5) is 19.0. The molecule has 2 aromatic carbocycles. The number of furan rings is 1. The summed E-state index contributed by atoms with van der Waals surface area (Å²) in [6.07, 6.45) is 1.48. The quantitative estimate of drug-likeness (QED) is 0.476. The second-order valence-electron chi connectivity index (χ2n) is 6.31. The maximum atomic E-state index is 12.9. The first-order valence-corrected chi connectivity index (χ1v) is 8.90. The van der Waals surface area contributed by atoms with E-state index in [1.165, 1.54) is 6.26 Å². The molecule has 0 aliphatic carbocycles. The standard InChI is InChI=1S/C21H17ClN2O3/c1-14-8-9-18-17(11-14)23-20(27-18)13-24(21(25)19-7-4-10-26-19)12-15-5-2-3-6-16(15)22/h2-11H,12-13H2,1H3. The molecule has 4 rings (SSSR count). The minimum Gasteiger partial charge on any atom is -0.459 e. The Morgan fingerprint density at radius 1 is 1.11 bits per heavy atom. The van der Waals surface area contributed by atoms with Gasteiger partial charge in [-0.25, -0.2) is 4.98 Å². The number of carbonyl (C=O) groups excluding carboxylic acids is 1. The van der Waals surface area contributed by atoms with Crippen LogP contribution in [0.5, 0.6) is 0 Å². The Labute approximate surface area is 161 Å². The highest BCUT2D eigenvalue weighted by atomic mass is 35.5. The third-order valence-electron chi connectivity index (χ3n) is 4.25. The summed E-state index contributed by atoms with van der Waals surface area (Å²) in [5, 5.41) is 0.600. The van der Waals surface area contributed by atoms with E-state index in [0.29, 0.717) is 23.0 Å². The summed E-state index contributed by atoms with van der Waals surface area (Å²) in [5.41, 5.74) is 3.40. The van der Waals surface area contributed by atoms with E-state index in [1.54, 1.807) is 23.1 Å². The number of hydrogen-bond acceptors (Lipinski definition) is 4. The Hall–Kier alpha value is -3.05. The second kappa shape index (κ2) is 7.29.